The molecule has 1 amide bonds. The zero-order valence-electron chi connectivity index (χ0n) is 12.2. The average Bonchev–Trinajstić information content (AvgIpc) is 3.00. The van der Waals surface area contributed by atoms with Crippen LogP contribution in [-0.4, -0.2) is 46.0 Å². The number of carboxylic acid groups (broad SMARTS) is 2. The van der Waals surface area contributed by atoms with Crippen LogP contribution in [0.1, 0.15) is 17.5 Å². The third-order valence-corrected chi connectivity index (χ3v) is 4.96. The summed E-state index contributed by atoms with van der Waals surface area (Å²) in [6.45, 7) is 1.92. The number of carbonyl (C=O) groups is 3. The lowest BCUT2D eigenvalue weighted by Crippen LogP contribution is -2.35. The highest BCUT2D eigenvalue weighted by Crippen LogP contribution is 2.68. The van der Waals surface area contributed by atoms with E-state index in [1.165, 1.54) is 4.90 Å². The zero-order chi connectivity index (χ0) is 16.1. The fraction of sp³-hybridized carbons (Fsp3) is 0.438. The predicted octanol–water partition coefficient (Wildman–Crippen LogP) is 0.925. The minimum absolute atomic E-state index is 0.0146. The molecule has 1 saturated carbocycles. The van der Waals surface area contributed by atoms with Gasteiger partial charge in [-0.1, -0.05) is 29.8 Å². The minimum atomic E-state index is -1.30. The number of nitrogens with zero attached hydrogens (tertiary/aromatic N) is 1. The number of carboxylic acids is 2. The number of hydrogen-bond acceptors (Lipinski definition) is 3. The summed E-state index contributed by atoms with van der Waals surface area (Å²) in [6.07, 6.45) is 0.269. The summed E-state index contributed by atoms with van der Waals surface area (Å²) < 4.78 is 0. The van der Waals surface area contributed by atoms with Crippen molar-refractivity contribution in [3.63, 3.8) is 0 Å². The molecule has 0 unspecified atom stereocenters. The number of hydrogen-bond donors (Lipinski definition) is 2. The van der Waals surface area contributed by atoms with E-state index in [2.05, 4.69) is 0 Å². The molecule has 2 atom stereocenters. The molecular weight excluding hydrogens is 286 g/mol. The molecule has 1 aliphatic carbocycles. The summed E-state index contributed by atoms with van der Waals surface area (Å²) in [5.74, 6) is -2.47. The Balaban J connectivity index is 1.75. The molecule has 1 aromatic rings. The molecule has 116 valence electrons. The highest BCUT2D eigenvalue weighted by Gasteiger charge is 2.81. The summed E-state index contributed by atoms with van der Waals surface area (Å²) in [5, 5.41) is 18.7. The Bertz CT molecular complexity index is 640. The van der Waals surface area contributed by atoms with Crippen LogP contribution >= 0.6 is 0 Å². The Morgan fingerprint density at radius 3 is 2.00 bits per heavy atom. The van der Waals surface area contributed by atoms with Gasteiger partial charge in [0.1, 0.15) is 10.8 Å². The molecule has 2 N–H and O–H groups in total. The number of aliphatic carboxylic acids is 2. The maximum Gasteiger partial charge on any atom is 0.312 e. The molecule has 0 spiro atoms. The molecule has 0 bridgehead atoms. The highest BCUT2D eigenvalue weighted by atomic mass is 16.4. The molecule has 1 saturated heterocycles. The van der Waals surface area contributed by atoms with E-state index in [1.807, 2.05) is 31.2 Å². The third-order valence-electron chi connectivity index (χ3n) is 4.96. The van der Waals surface area contributed by atoms with Gasteiger partial charge in [0.05, 0.1) is 6.42 Å². The number of fused-ring (bicyclic) bond motifs is 1. The van der Waals surface area contributed by atoms with E-state index >= 15 is 0 Å². The van der Waals surface area contributed by atoms with E-state index in [-0.39, 0.29) is 31.8 Å². The molecule has 22 heavy (non-hydrogen) atoms. The number of rotatable bonds is 4. The molecule has 3 rings (SSSR count). The van der Waals surface area contributed by atoms with Gasteiger partial charge in [0.15, 0.2) is 0 Å². The number of aryl methyl sites for hydroxylation is 1. The van der Waals surface area contributed by atoms with Gasteiger partial charge in [-0.25, -0.2) is 0 Å². The normalized spacial score (nSPS) is 29.0. The lowest BCUT2D eigenvalue weighted by atomic mass is 9.97. The first-order chi connectivity index (χ1) is 10.3. The largest absolute Gasteiger partial charge is 0.481 e. The second kappa shape index (κ2) is 4.56. The number of carbonyl (C=O) groups excluding carboxylic acids is 1. The van der Waals surface area contributed by atoms with Gasteiger partial charge in [0.2, 0.25) is 5.91 Å². The summed E-state index contributed by atoms with van der Waals surface area (Å²) in [5.41, 5.74) is -0.679. The molecule has 1 heterocycles. The maximum absolute atomic E-state index is 12.3. The van der Waals surface area contributed by atoms with Crippen LogP contribution in [-0.2, 0) is 20.8 Å². The predicted molar refractivity (Wildman–Crippen MR) is 76.2 cm³/mol. The van der Waals surface area contributed by atoms with Crippen LogP contribution in [0.2, 0.25) is 0 Å². The topological polar surface area (TPSA) is 94.9 Å². The van der Waals surface area contributed by atoms with Crippen molar-refractivity contribution in [1.82, 2.24) is 4.90 Å². The van der Waals surface area contributed by atoms with Gasteiger partial charge in [-0.2, -0.15) is 0 Å². The second-order valence-corrected chi connectivity index (χ2v) is 6.36. The first-order valence-corrected chi connectivity index (χ1v) is 7.11. The van der Waals surface area contributed by atoms with Gasteiger partial charge in [-0.3, -0.25) is 14.4 Å². The Morgan fingerprint density at radius 2 is 1.55 bits per heavy atom. The van der Waals surface area contributed by atoms with Crippen molar-refractivity contribution in [3.8, 4) is 0 Å². The quantitative estimate of drug-likeness (QED) is 0.862. The molecule has 0 aromatic heterocycles. The van der Waals surface area contributed by atoms with Gasteiger partial charge in [0.25, 0.3) is 0 Å². The Kier molecular flexibility index (Phi) is 3.02. The van der Waals surface area contributed by atoms with Crippen molar-refractivity contribution in [2.45, 2.75) is 19.8 Å². The molecule has 2 fully saturated rings. The van der Waals surface area contributed by atoms with Crippen LogP contribution in [0.5, 0.6) is 0 Å². The van der Waals surface area contributed by atoms with Gasteiger partial charge in [-0.05, 0) is 18.9 Å². The van der Waals surface area contributed by atoms with Crippen LogP contribution in [0.4, 0.5) is 0 Å². The Hall–Kier alpha value is -2.37. The molecule has 1 aromatic carbocycles. The molecule has 2 aliphatic rings. The van der Waals surface area contributed by atoms with Crippen LogP contribution in [0.25, 0.3) is 0 Å². The van der Waals surface area contributed by atoms with Crippen molar-refractivity contribution in [2.24, 2.45) is 10.8 Å². The molecule has 6 heteroatoms. The Morgan fingerprint density at radius 1 is 1.05 bits per heavy atom. The molecule has 6 nitrogen and oxygen atoms in total. The zero-order valence-corrected chi connectivity index (χ0v) is 12.2. The van der Waals surface area contributed by atoms with E-state index in [0.29, 0.717) is 0 Å². The van der Waals surface area contributed by atoms with Crippen LogP contribution in [0.15, 0.2) is 24.3 Å². The number of likely N-dealkylation sites (tertiary alicyclic amines) is 1. The van der Waals surface area contributed by atoms with Crippen molar-refractivity contribution in [3.05, 3.63) is 35.4 Å². The fourth-order valence-corrected chi connectivity index (χ4v) is 3.46. The molecule has 0 radical (unpaired) electrons. The summed E-state index contributed by atoms with van der Waals surface area (Å²) in [6, 6.07) is 7.51. The lowest BCUT2D eigenvalue weighted by molar-refractivity contribution is -0.151. The van der Waals surface area contributed by atoms with E-state index in [9.17, 15) is 24.6 Å². The molecular formula is C16H17NO5. The van der Waals surface area contributed by atoms with E-state index in [4.69, 9.17) is 0 Å². The SMILES string of the molecule is Cc1ccc(CC(=O)N2C[C@@]3(C(=O)O)C[C@@]3(C(=O)O)C2)cc1. The van der Waals surface area contributed by atoms with Gasteiger partial charge < -0.3 is 15.1 Å². The third kappa shape index (κ3) is 1.90. The first-order valence-electron chi connectivity index (χ1n) is 7.11. The van der Waals surface area contributed by atoms with Crippen molar-refractivity contribution in [2.75, 3.05) is 13.1 Å². The van der Waals surface area contributed by atoms with E-state index < -0.39 is 22.8 Å². The first kappa shape index (κ1) is 14.6. The maximum atomic E-state index is 12.3. The van der Waals surface area contributed by atoms with Gasteiger partial charge in [0, 0.05) is 13.1 Å². The Labute approximate surface area is 127 Å². The van der Waals surface area contributed by atoms with Crippen molar-refractivity contribution >= 4 is 17.8 Å². The average molecular weight is 303 g/mol. The monoisotopic (exact) mass is 303 g/mol. The van der Waals surface area contributed by atoms with E-state index in [0.717, 1.165) is 11.1 Å². The van der Waals surface area contributed by atoms with Crippen LogP contribution in [0.3, 0.4) is 0 Å². The van der Waals surface area contributed by atoms with Gasteiger partial charge >= 0.3 is 11.9 Å². The number of benzene rings is 1. The highest BCUT2D eigenvalue weighted by molar-refractivity contribution is 5.96. The van der Waals surface area contributed by atoms with Crippen LogP contribution < -0.4 is 0 Å². The fourth-order valence-electron chi connectivity index (χ4n) is 3.46. The smallest absolute Gasteiger partial charge is 0.312 e. The van der Waals surface area contributed by atoms with E-state index in [1.54, 1.807) is 0 Å². The lowest BCUT2D eigenvalue weighted by Gasteiger charge is -2.20. The van der Waals surface area contributed by atoms with Crippen molar-refractivity contribution in [1.29, 1.82) is 0 Å². The standard InChI is InChI=1S/C16H17NO5/c1-10-2-4-11(5-3-10)6-12(18)17-8-15(13(19)20)7-16(15,9-17)14(21)22/h2-5H,6-9H2,1H3,(H,19,20)(H,21,22)/t15-,16+. The van der Waals surface area contributed by atoms with Crippen molar-refractivity contribution < 1.29 is 24.6 Å². The number of piperidine rings is 1. The minimum Gasteiger partial charge on any atom is -0.481 e. The second-order valence-electron chi connectivity index (χ2n) is 6.36. The van der Waals surface area contributed by atoms with Crippen LogP contribution in [0, 0.1) is 17.8 Å². The molecule has 1 aliphatic heterocycles. The number of amides is 1. The summed E-state index contributed by atoms with van der Waals surface area (Å²) in [7, 11) is 0. The summed E-state index contributed by atoms with van der Waals surface area (Å²) in [4.78, 5) is 36.6. The summed E-state index contributed by atoms with van der Waals surface area (Å²) >= 11 is 0. The van der Waals surface area contributed by atoms with Gasteiger partial charge in [-0.15, -0.1) is 0 Å².